The van der Waals surface area contributed by atoms with Crippen molar-refractivity contribution in [2.75, 3.05) is 15.5 Å². The predicted molar refractivity (Wildman–Crippen MR) is 142 cm³/mol. The Morgan fingerprint density at radius 2 is 1.57 bits per heavy atom. The van der Waals surface area contributed by atoms with Crippen LogP contribution in [0.2, 0.25) is 0 Å². The molecule has 8 nitrogen and oxygen atoms in total. The molecule has 2 N–H and O–H groups in total. The molecule has 0 aliphatic carbocycles. The number of esters is 1. The van der Waals surface area contributed by atoms with Gasteiger partial charge in [0, 0.05) is 11.3 Å². The summed E-state index contributed by atoms with van der Waals surface area (Å²) in [6.45, 7) is 3.37. The number of imide groups is 1. The van der Waals surface area contributed by atoms with E-state index in [-0.39, 0.29) is 34.3 Å². The molecule has 0 saturated carbocycles. The standard InChI is InChI=1S/C28H21ClF3N3O5/c1-15(2)40-27(39)17-6-5-7-19(14-17)35-25(37)22(29)23(26(35)38)33-18-12-10-16(11-13-18)24(36)34-21-9-4-3-8-20(21)28(30,31)32/h3-15,33H,1-2H3,(H,34,36). The van der Waals surface area contributed by atoms with Crippen molar-refractivity contribution >= 4 is 52.4 Å². The molecule has 1 aliphatic heterocycles. The minimum Gasteiger partial charge on any atom is -0.459 e. The average Bonchev–Trinajstić information content (AvgIpc) is 3.11. The number of nitrogens with zero attached hydrogens (tertiary/aromatic N) is 1. The number of hydrogen-bond acceptors (Lipinski definition) is 6. The van der Waals surface area contributed by atoms with Crippen LogP contribution in [-0.4, -0.2) is 29.8 Å². The van der Waals surface area contributed by atoms with Crippen molar-refractivity contribution in [3.63, 3.8) is 0 Å². The summed E-state index contributed by atoms with van der Waals surface area (Å²) in [5.41, 5.74) is -1.06. The predicted octanol–water partition coefficient (Wildman–Crippen LogP) is 5.96. The summed E-state index contributed by atoms with van der Waals surface area (Å²) in [6, 6.07) is 15.8. The molecule has 3 amide bonds. The maximum atomic E-state index is 13.2. The zero-order valence-electron chi connectivity index (χ0n) is 21.0. The summed E-state index contributed by atoms with van der Waals surface area (Å²) in [6.07, 6.45) is -5.02. The van der Waals surface area contributed by atoms with Gasteiger partial charge in [-0.25, -0.2) is 9.69 Å². The first-order valence-corrected chi connectivity index (χ1v) is 12.2. The normalized spacial score (nSPS) is 13.6. The van der Waals surface area contributed by atoms with Gasteiger partial charge in [0.25, 0.3) is 17.7 Å². The Morgan fingerprint density at radius 1 is 0.900 bits per heavy atom. The molecule has 0 radical (unpaired) electrons. The number of benzene rings is 3. The van der Waals surface area contributed by atoms with Gasteiger partial charge in [-0.05, 0) is 68.4 Å². The number of halogens is 4. The van der Waals surface area contributed by atoms with Crippen LogP contribution in [0.4, 0.5) is 30.2 Å². The molecular formula is C28H21ClF3N3O5. The summed E-state index contributed by atoms with van der Waals surface area (Å²) in [5.74, 6) is -3.01. The second-order valence-electron chi connectivity index (χ2n) is 8.84. The summed E-state index contributed by atoms with van der Waals surface area (Å²) in [7, 11) is 0. The van der Waals surface area contributed by atoms with E-state index < -0.39 is 46.2 Å². The van der Waals surface area contributed by atoms with Crippen molar-refractivity contribution in [1.29, 1.82) is 0 Å². The highest BCUT2D eigenvalue weighted by atomic mass is 35.5. The van der Waals surface area contributed by atoms with Crippen LogP contribution in [0, 0.1) is 0 Å². The first kappa shape index (κ1) is 28.4. The summed E-state index contributed by atoms with van der Waals surface area (Å²) < 4.78 is 44.8. The number of carbonyl (C=O) groups is 4. The van der Waals surface area contributed by atoms with E-state index in [2.05, 4.69) is 10.6 Å². The molecule has 1 aliphatic rings. The molecule has 0 spiro atoms. The van der Waals surface area contributed by atoms with Crippen LogP contribution in [0.25, 0.3) is 0 Å². The van der Waals surface area contributed by atoms with Crippen LogP contribution < -0.4 is 15.5 Å². The molecule has 40 heavy (non-hydrogen) atoms. The number of nitrogens with one attached hydrogen (secondary N) is 2. The molecule has 1 heterocycles. The molecule has 206 valence electrons. The van der Waals surface area contributed by atoms with Gasteiger partial charge in [0.2, 0.25) is 0 Å². The maximum absolute atomic E-state index is 13.2. The highest BCUT2D eigenvalue weighted by molar-refractivity contribution is 6.53. The van der Waals surface area contributed by atoms with Gasteiger partial charge in [-0.15, -0.1) is 0 Å². The van der Waals surface area contributed by atoms with Crippen LogP contribution in [0.3, 0.4) is 0 Å². The molecule has 0 atom stereocenters. The zero-order chi connectivity index (χ0) is 29.2. The molecule has 0 fully saturated rings. The van der Waals surface area contributed by atoms with E-state index in [1.807, 2.05) is 0 Å². The fourth-order valence-electron chi connectivity index (χ4n) is 3.78. The third-order valence-electron chi connectivity index (χ3n) is 5.61. The Kier molecular flexibility index (Phi) is 7.96. The van der Waals surface area contributed by atoms with E-state index in [0.717, 1.165) is 17.0 Å². The topological polar surface area (TPSA) is 105 Å². The van der Waals surface area contributed by atoms with Crippen molar-refractivity contribution in [3.05, 3.63) is 100 Å². The monoisotopic (exact) mass is 571 g/mol. The van der Waals surface area contributed by atoms with E-state index in [9.17, 15) is 32.3 Å². The third-order valence-corrected chi connectivity index (χ3v) is 5.96. The van der Waals surface area contributed by atoms with E-state index in [1.165, 1.54) is 60.7 Å². The summed E-state index contributed by atoms with van der Waals surface area (Å²) >= 11 is 6.17. The van der Waals surface area contributed by atoms with Gasteiger partial charge in [-0.3, -0.25) is 14.4 Å². The molecule has 3 aromatic carbocycles. The molecule has 0 saturated heterocycles. The third kappa shape index (κ3) is 5.99. The average molecular weight is 572 g/mol. The second kappa shape index (κ2) is 11.2. The minimum atomic E-state index is -4.65. The van der Waals surface area contributed by atoms with Gasteiger partial charge in [-0.2, -0.15) is 13.2 Å². The molecule has 4 rings (SSSR count). The minimum absolute atomic E-state index is 0.0446. The van der Waals surface area contributed by atoms with Gasteiger partial charge in [-0.1, -0.05) is 29.8 Å². The molecule has 12 heteroatoms. The maximum Gasteiger partial charge on any atom is 0.418 e. The van der Waals surface area contributed by atoms with Crippen molar-refractivity contribution < 1.29 is 37.1 Å². The fourth-order valence-corrected chi connectivity index (χ4v) is 4.00. The number of hydrogen-bond donors (Lipinski definition) is 2. The number of anilines is 3. The highest BCUT2D eigenvalue weighted by Crippen LogP contribution is 2.35. The number of ether oxygens (including phenoxy) is 1. The quantitative estimate of drug-likeness (QED) is 0.268. The van der Waals surface area contributed by atoms with E-state index >= 15 is 0 Å². The lowest BCUT2D eigenvalue weighted by Crippen LogP contribution is -2.32. The van der Waals surface area contributed by atoms with Crippen molar-refractivity contribution in [1.82, 2.24) is 0 Å². The van der Waals surface area contributed by atoms with Crippen LogP contribution in [0.5, 0.6) is 0 Å². The number of para-hydroxylation sites is 1. The van der Waals surface area contributed by atoms with E-state index in [1.54, 1.807) is 13.8 Å². The first-order valence-electron chi connectivity index (χ1n) is 11.8. The Balaban J connectivity index is 1.49. The van der Waals surface area contributed by atoms with Crippen molar-refractivity contribution in [2.24, 2.45) is 0 Å². The van der Waals surface area contributed by atoms with Crippen molar-refractivity contribution in [2.45, 2.75) is 26.1 Å². The number of amides is 3. The van der Waals surface area contributed by atoms with Gasteiger partial charge >= 0.3 is 12.1 Å². The number of alkyl halides is 3. The van der Waals surface area contributed by atoms with Crippen LogP contribution >= 0.6 is 11.6 Å². The van der Waals surface area contributed by atoms with E-state index in [4.69, 9.17) is 16.3 Å². The lowest BCUT2D eigenvalue weighted by molar-refractivity contribution is -0.137. The largest absolute Gasteiger partial charge is 0.459 e. The van der Waals surface area contributed by atoms with Gasteiger partial charge in [0.05, 0.1) is 28.6 Å². The SMILES string of the molecule is CC(C)OC(=O)c1cccc(N2C(=O)C(Cl)=C(Nc3ccc(C(=O)Nc4ccccc4C(F)(F)F)cc3)C2=O)c1. The Morgan fingerprint density at radius 3 is 2.23 bits per heavy atom. The molecule has 0 aromatic heterocycles. The van der Waals surface area contributed by atoms with Gasteiger partial charge in [0.15, 0.2) is 0 Å². The Hall–Kier alpha value is -4.64. The lowest BCUT2D eigenvalue weighted by Gasteiger charge is -2.16. The Bertz CT molecular complexity index is 1530. The molecular weight excluding hydrogens is 551 g/mol. The van der Waals surface area contributed by atoms with E-state index in [0.29, 0.717) is 0 Å². The highest BCUT2D eigenvalue weighted by Gasteiger charge is 2.39. The summed E-state index contributed by atoms with van der Waals surface area (Å²) in [5, 5.41) is 4.59. The second-order valence-corrected chi connectivity index (χ2v) is 9.22. The number of rotatable bonds is 7. The molecule has 0 unspecified atom stereocenters. The number of carbonyl (C=O) groups excluding carboxylic acids is 4. The Labute approximate surface area is 231 Å². The smallest absolute Gasteiger partial charge is 0.418 e. The van der Waals surface area contributed by atoms with Gasteiger partial charge < -0.3 is 15.4 Å². The zero-order valence-corrected chi connectivity index (χ0v) is 21.8. The lowest BCUT2D eigenvalue weighted by atomic mass is 10.1. The fraction of sp³-hybridized carbons (Fsp3) is 0.143. The van der Waals surface area contributed by atoms with Gasteiger partial charge in [0.1, 0.15) is 10.7 Å². The summed E-state index contributed by atoms with van der Waals surface area (Å²) in [4.78, 5) is 51.5. The molecule has 0 bridgehead atoms. The molecule has 3 aromatic rings. The van der Waals surface area contributed by atoms with Crippen molar-refractivity contribution in [3.8, 4) is 0 Å². The first-order chi connectivity index (χ1) is 18.9. The van der Waals surface area contributed by atoms with Crippen LogP contribution in [0.15, 0.2) is 83.5 Å². The van der Waals surface area contributed by atoms with Crippen LogP contribution in [-0.2, 0) is 20.5 Å². The van der Waals surface area contributed by atoms with Crippen LogP contribution in [0.1, 0.15) is 40.1 Å².